The lowest BCUT2D eigenvalue weighted by molar-refractivity contribution is -0.122. The third-order valence-electron chi connectivity index (χ3n) is 4.49. The lowest BCUT2D eigenvalue weighted by atomic mass is 9.95. The Hall–Kier alpha value is -2.21. The molecule has 24 heavy (non-hydrogen) atoms. The molecule has 128 valence electrons. The van der Waals surface area contributed by atoms with Gasteiger partial charge in [-0.05, 0) is 24.1 Å². The van der Waals surface area contributed by atoms with Gasteiger partial charge in [0.2, 0.25) is 5.91 Å². The van der Waals surface area contributed by atoms with E-state index in [2.05, 4.69) is 22.2 Å². The van der Waals surface area contributed by atoms with Crippen molar-refractivity contribution in [1.29, 1.82) is 0 Å². The van der Waals surface area contributed by atoms with E-state index in [0.29, 0.717) is 32.1 Å². The largest absolute Gasteiger partial charge is 0.379 e. The molecule has 0 spiro atoms. The van der Waals surface area contributed by atoms with Crippen molar-refractivity contribution in [3.05, 3.63) is 48.3 Å². The van der Waals surface area contributed by atoms with Crippen LogP contribution in [0.4, 0.5) is 0 Å². The Morgan fingerprint density at radius 3 is 2.96 bits per heavy atom. The van der Waals surface area contributed by atoms with Gasteiger partial charge >= 0.3 is 0 Å². The topological polar surface area (TPSA) is 69.0 Å². The zero-order chi connectivity index (χ0) is 16.8. The molecular weight excluding hydrogens is 304 g/mol. The van der Waals surface area contributed by atoms with Crippen molar-refractivity contribution in [3.63, 3.8) is 0 Å². The minimum Gasteiger partial charge on any atom is -0.379 e. The molecular formula is C18H24N4O2. The number of nitrogens with one attached hydrogen (secondary N) is 1. The molecule has 0 bridgehead atoms. The minimum atomic E-state index is 0.0704. The van der Waals surface area contributed by atoms with Crippen molar-refractivity contribution in [3.8, 4) is 0 Å². The Morgan fingerprint density at radius 2 is 2.17 bits per heavy atom. The standard InChI is InChI=1S/C18H24N4O2/c1-2-17-20-8-10-22(17)9-5-18(23)21-16-13-24-12-15(16)11-14-3-6-19-7-4-14/h3-4,6-8,10,15-16H,2,5,9,11-13H2,1H3,(H,21,23)/t15-,16+/m1/s1. The molecule has 0 aliphatic carbocycles. The van der Waals surface area contributed by atoms with Crippen LogP contribution in [0.1, 0.15) is 24.7 Å². The lowest BCUT2D eigenvalue weighted by Crippen LogP contribution is -2.40. The Morgan fingerprint density at radius 1 is 1.33 bits per heavy atom. The molecule has 2 aromatic rings. The van der Waals surface area contributed by atoms with Gasteiger partial charge in [-0.15, -0.1) is 0 Å². The number of ether oxygens (including phenoxy) is 1. The van der Waals surface area contributed by atoms with Gasteiger partial charge in [-0.2, -0.15) is 0 Å². The highest BCUT2D eigenvalue weighted by atomic mass is 16.5. The number of aryl methyl sites for hydroxylation is 2. The molecule has 6 heteroatoms. The highest BCUT2D eigenvalue weighted by Crippen LogP contribution is 2.19. The molecule has 2 aromatic heterocycles. The first-order valence-corrected chi connectivity index (χ1v) is 8.52. The maximum absolute atomic E-state index is 12.3. The fourth-order valence-corrected chi connectivity index (χ4v) is 3.14. The van der Waals surface area contributed by atoms with Crippen LogP contribution in [0.25, 0.3) is 0 Å². The summed E-state index contributed by atoms with van der Waals surface area (Å²) in [7, 11) is 0. The van der Waals surface area contributed by atoms with Crippen LogP contribution in [0.3, 0.4) is 0 Å². The zero-order valence-corrected chi connectivity index (χ0v) is 14.0. The van der Waals surface area contributed by atoms with Gasteiger partial charge in [-0.25, -0.2) is 4.98 Å². The van der Waals surface area contributed by atoms with E-state index in [9.17, 15) is 4.79 Å². The van der Waals surface area contributed by atoms with Crippen LogP contribution in [0.15, 0.2) is 36.9 Å². The molecule has 3 heterocycles. The Labute approximate surface area is 142 Å². The number of carbonyl (C=O) groups is 1. The summed E-state index contributed by atoms with van der Waals surface area (Å²) < 4.78 is 7.63. The summed E-state index contributed by atoms with van der Waals surface area (Å²) >= 11 is 0. The van der Waals surface area contributed by atoms with Gasteiger partial charge in [0.15, 0.2) is 0 Å². The maximum Gasteiger partial charge on any atom is 0.222 e. The van der Waals surface area contributed by atoms with Gasteiger partial charge in [0.05, 0.1) is 19.3 Å². The SMILES string of the molecule is CCc1nccn1CCC(=O)N[C@H]1COC[C@H]1Cc1ccncc1. The summed E-state index contributed by atoms with van der Waals surface area (Å²) in [5, 5.41) is 3.14. The number of pyridine rings is 1. The fourth-order valence-electron chi connectivity index (χ4n) is 3.14. The van der Waals surface area contributed by atoms with Crippen molar-refractivity contribution in [2.75, 3.05) is 13.2 Å². The molecule has 2 atom stereocenters. The lowest BCUT2D eigenvalue weighted by Gasteiger charge is -2.19. The first-order valence-electron chi connectivity index (χ1n) is 8.52. The summed E-state index contributed by atoms with van der Waals surface area (Å²) in [6.07, 6.45) is 9.55. The molecule has 6 nitrogen and oxygen atoms in total. The molecule has 0 saturated carbocycles. The van der Waals surface area contributed by atoms with E-state index >= 15 is 0 Å². The van der Waals surface area contributed by atoms with E-state index in [1.54, 1.807) is 18.6 Å². The molecule has 1 aliphatic heterocycles. The quantitative estimate of drug-likeness (QED) is 0.838. The predicted molar refractivity (Wildman–Crippen MR) is 90.4 cm³/mol. The molecule has 1 fully saturated rings. The number of hydrogen-bond donors (Lipinski definition) is 1. The third kappa shape index (κ3) is 4.20. The molecule has 1 N–H and O–H groups in total. The van der Waals surface area contributed by atoms with E-state index in [0.717, 1.165) is 18.7 Å². The second kappa shape index (κ2) is 8.06. The van der Waals surface area contributed by atoms with Crippen molar-refractivity contribution >= 4 is 5.91 Å². The van der Waals surface area contributed by atoms with Crippen molar-refractivity contribution < 1.29 is 9.53 Å². The number of amides is 1. The second-order valence-electron chi connectivity index (χ2n) is 6.17. The highest BCUT2D eigenvalue weighted by Gasteiger charge is 2.29. The first-order chi connectivity index (χ1) is 11.8. The highest BCUT2D eigenvalue weighted by molar-refractivity contribution is 5.76. The van der Waals surface area contributed by atoms with E-state index in [4.69, 9.17) is 4.74 Å². The van der Waals surface area contributed by atoms with E-state index in [1.165, 1.54) is 5.56 Å². The van der Waals surface area contributed by atoms with Crippen molar-refractivity contribution in [1.82, 2.24) is 19.9 Å². The predicted octanol–water partition coefficient (Wildman–Crippen LogP) is 1.60. The van der Waals surface area contributed by atoms with Gasteiger partial charge in [0.25, 0.3) is 0 Å². The Bertz CT molecular complexity index is 656. The summed E-state index contributed by atoms with van der Waals surface area (Å²) in [6.45, 7) is 4.01. The van der Waals surface area contributed by atoms with Gasteiger partial charge in [0, 0.05) is 50.1 Å². The smallest absolute Gasteiger partial charge is 0.222 e. The molecule has 0 unspecified atom stereocenters. The van der Waals surface area contributed by atoms with E-state index in [1.807, 2.05) is 22.9 Å². The second-order valence-corrected chi connectivity index (χ2v) is 6.17. The third-order valence-corrected chi connectivity index (χ3v) is 4.49. The number of carbonyl (C=O) groups excluding carboxylic acids is 1. The molecule has 0 aromatic carbocycles. The van der Waals surface area contributed by atoms with Crippen LogP contribution in [-0.2, 0) is 28.9 Å². The van der Waals surface area contributed by atoms with E-state index < -0.39 is 0 Å². The summed E-state index contributed by atoms with van der Waals surface area (Å²) in [6, 6.07) is 4.12. The number of imidazole rings is 1. The first kappa shape index (κ1) is 16.6. The van der Waals surface area contributed by atoms with Gasteiger partial charge in [0.1, 0.15) is 5.82 Å². The van der Waals surface area contributed by atoms with Crippen molar-refractivity contribution in [2.24, 2.45) is 5.92 Å². The van der Waals surface area contributed by atoms with Crippen LogP contribution in [-0.4, -0.2) is 39.7 Å². The number of aromatic nitrogens is 3. The van der Waals surface area contributed by atoms with Crippen LogP contribution in [0, 0.1) is 5.92 Å². The van der Waals surface area contributed by atoms with Crippen LogP contribution < -0.4 is 5.32 Å². The van der Waals surface area contributed by atoms with Crippen LogP contribution >= 0.6 is 0 Å². The Kier molecular flexibility index (Phi) is 5.59. The number of nitrogens with zero attached hydrogens (tertiary/aromatic N) is 3. The number of rotatable bonds is 7. The monoisotopic (exact) mass is 328 g/mol. The molecule has 1 aliphatic rings. The fraction of sp³-hybridized carbons (Fsp3) is 0.500. The summed E-state index contributed by atoms with van der Waals surface area (Å²) in [5.74, 6) is 1.40. The zero-order valence-electron chi connectivity index (χ0n) is 14.0. The average Bonchev–Trinajstić information content (AvgIpc) is 3.23. The van der Waals surface area contributed by atoms with Gasteiger partial charge in [-0.3, -0.25) is 9.78 Å². The Balaban J connectivity index is 1.50. The maximum atomic E-state index is 12.3. The van der Waals surface area contributed by atoms with Gasteiger partial charge in [-0.1, -0.05) is 6.92 Å². The molecule has 3 rings (SSSR count). The number of hydrogen-bond acceptors (Lipinski definition) is 4. The van der Waals surface area contributed by atoms with Crippen LogP contribution in [0.5, 0.6) is 0 Å². The van der Waals surface area contributed by atoms with Gasteiger partial charge < -0.3 is 14.6 Å². The average molecular weight is 328 g/mol. The molecule has 0 radical (unpaired) electrons. The van der Waals surface area contributed by atoms with E-state index in [-0.39, 0.29) is 11.9 Å². The summed E-state index contributed by atoms with van der Waals surface area (Å²) in [4.78, 5) is 20.6. The van der Waals surface area contributed by atoms with Crippen LogP contribution in [0.2, 0.25) is 0 Å². The molecule has 1 saturated heterocycles. The van der Waals surface area contributed by atoms with Crippen molar-refractivity contribution in [2.45, 2.75) is 38.8 Å². The molecule has 1 amide bonds. The summed E-state index contributed by atoms with van der Waals surface area (Å²) in [5.41, 5.74) is 1.23. The minimum absolute atomic E-state index is 0.0704. The normalized spacial score (nSPS) is 20.2.